The topological polar surface area (TPSA) is 111 Å². The minimum atomic E-state index is -0.589. The highest BCUT2D eigenvalue weighted by Crippen LogP contribution is 2.35. The summed E-state index contributed by atoms with van der Waals surface area (Å²) in [5.41, 5.74) is 7.35. The molecule has 0 radical (unpaired) electrons. The van der Waals surface area contributed by atoms with E-state index >= 15 is 0 Å². The van der Waals surface area contributed by atoms with Gasteiger partial charge in [0.1, 0.15) is 23.4 Å². The van der Waals surface area contributed by atoms with Crippen molar-refractivity contribution < 1.29 is 18.7 Å². The Kier molecular flexibility index (Phi) is 6.64. The van der Waals surface area contributed by atoms with Crippen LogP contribution in [0, 0.1) is 0 Å². The summed E-state index contributed by atoms with van der Waals surface area (Å²) < 4.78 is 17.1. The fraction of sp³-hybridized carbons (Fsp3) is 0.429. The Balaban J connectivity index is 1.72. The van der Waals surface area contributed by atoms with Crippen LogP contribution in [0.2, 0.25) is 0 Å². The molecule has 0 spiro atoms. The molecular formula is C21H28N4O4. The van der Waals surface area contributed by atoms with Crippen LogP contribution in [0.1, 0.15) is 48.2 Å². The molecule has 1 aromatic carbocycles. The van der Waals surface area contributed by atoms with Crippen molar-refractivity contribution in [3.05, 3.63) is 46.9 Å². The maximum atomic E-state index is 11.2. The number of amides is 1. The lowest BCUT2D eigenvalue weighted by Gasteiger charge is -2.13. The number of primary amides is 1. The standard InChI is InChI=1S/C21H28N4O4/c1-4-23-21(25-12-16-6-7-17(29-16)20(22)26)24-11-15-10-19-14(8-13(3)28-19)9-18(15)27-5-2/h6-7,9-10,13H,4-5,8,11-12H2,1-3H3,(H2,22,26)(H2,23,24,25). The van der Waals surface area contributed by atoms with E-state index in [1.165, 1.54) is 5.56 Å². The van der Waals surface area contributed by atoms with Gasteiger partial charge in [-0.2, -0.15) is 0 Å². The van der Waals surface area contributed by atoms with E-state index in [1.807, 2.05) is 19.9 Å². The molecule has 8 heteroatoms. The van der Waals surface area contributed by atoms with Gasteiger partial charge in [0.25, 0.3) is 5.91 Å². The molecule has 0 aliphatic carbocycles. The molecule has 2 heterocycles. The Morgan fingerprint density at radius 2 is 2.14 bits per heavy atom. The predicted octanol–water partition coefficient (Wildman–Crippen LogP) is 2.36. The molecule has 156 valence electrons. The SMILES string of the molecule is CCNC(=NCc1cc2c(cc1OCC)CC(C)O2)NCc1ccc(C(N)=O)o1. The van der Waals surface area contributed by atoms with E-state index in [0.717, 1.165) is 23.5 Å². The first kappa shape index (κ1) is 20.6. The highest BCUT2D eigenvalue weighted by atomic mass is 16.5. The number of guanidine groups is 1. The molecular weight excluding hydrogens is 372 g/mol. The van der Waals surface area contributed by atoms with Crippen molar-refractivity contribution in [3.63, 3.8) is 0 Å². The van der Waals surface area contributed by atoms with Crippen LogP contribution < -0.4 is 25.8 Å². The number of nitrogens with zero attached hydrogens (tertiary/aromatic N) is 1. The quantitative estimate of drug-likeness (QED) is 0.463. The van der Waals surface area contributed by atoms with Gasteiger partial charge in [0.2, 0.25) is 0 Å². The van der Waals surface area contributed by atoms with Crippen LogP contribution in [0.5, 0.6) is 11.5 Å². The Bertz CT molecular complexity index is 891. The van der Waals surface area contributed by atoms with E-state index in [-0.39, 0.29) is 11.9 Å². The summed E-state index contributed by atoms with van der Waals surface area (Å²) in [5.74, 6) is 2.51. The second-order valence-corrected chi connectivity index (χ2v) is 6.81. The lowest BCUT2D eigenvalue weighted by molar-refractivity contribution is 0.0972. The molecule has 3 rings (SSSR count). The van der Waals surface area contributed by atoms with E-state index in [1.54, 1.807) is 12.1 Å². The summed E-state index contributed by atoms with van der Waals surface area (Å²) in [6.45, 7) is 8.12. The fourth-order valence-corrected chi connectivity index (χ4v) is 3.18. The maximum Gasteiger partial charge on any atom is 0.284 e. The van der Waals surface area contributed by atoms with Crippen molar-refractivity contribution in [3.8, 4) is 11.5 Å². The number of nitrogens with two attached hydrogens (primary N) is 1. The van der Waals surface area contributed by atoms with Crippen LogP contribution in [0.4, 0.5) is 0 Å². The molecule has 1 amide bonds. The van der Waals surface area contributed by atoms with Crippen molar-refractivity contribution >= 4 is 11.9 Å². The van der Waals surface area contributed by atoms with Crippen LogP contribution in [-0.4, -0.2) is 31.1 Å². The van der Waals surface area contributed by atoms with Crippen LogP contribution in [0.15, 0.2) is 33.7 Å². The number of carbonyl (C=O) groups is 1. The number of fused-ring (bicyclic) bond motifs is 1. The molecule has 1 unspecified atom stereocenters. The fourth-order valence-electron chi connectivity index (χ4n) is 3.18. The monoisotopic (exact) mass is 400 g/mol. The zero-order chi connectivity index (χ0) is 20.8. The minimum Gasteiger partial charge on any atom is -0.494 e. The van der Waals surface area contributed by atoms with Crippen LogP contribution >= 0.6 is 0 Å². The van der Waals surface area contributed by atoms with Gasteiger partial charge in [-0.05, 0) is 45.0 Å². The largest absolute Gasteiger partial charge is 0.494 e. The first-order valence-corrected chi connectivity index (χ1v) is 9.86. The number of carbonyl (C=O) groups excluding carboxylic acids is 1. The zero-order valence-corrected chi connectivity index (χ0v) is 17.1. The van der Waals surface area contributed by atoms with Gasteiger partial charge < -0.3 is 30.3 Å². The Hall–Kier alpha value is -3.16. The minimum absolute atomic E-state index is 0.137. The van der Waals surface area contributed by atoms with Crippen molar-refractivity contribution in [2.45, 2.75) is 46.4 Å². The zero-order valence-electron chi connectivity index (χ0n) is 17.1. The number of hydrogen-bond donors (Lipinski definition) is 3. The van der Waals surface area contributed by atoms with Gasteiger partial charge in [0.15, 0.2) is 11.7 Å². The van der Waals surface area contributed by atoms with Gasteiger partial charge in [-0.15, -0.1) is 0 Å². The van der Waals surface area contributed by atoms with Crippen molar-refractivity contribution in [1.29, 1.82) is 0 Å². The molecule has 0 saturated heterocycles. The third-order valence-electron chi connectivity index (χ3n) is 4.47. The summed E-state index contributed by atoms with van der Waals surface area (Å²) in [6, 6.07) is 7.34. The first-order valence-electron chi connectivity index (χ1n) is 9.86. The lowest BCUT2D eigenvalue weighted by atomic mass is 10.1. The van der Waals surface area contributed by atoms with Gasteiger partial charge in [-0.25, -0.2) is 4.99 Å². The molecule has 0 bridgehead atoms. The Labute approximate surface area is 170 Å². The molecule has 2 aromatic rings. The lowest BCUT2D eigenvalue weighted by Crippen LogP contribution is -2.36. The highest BCUT2D eigenvalue weighted by Gasteiger charge is 2.21. The predicted molar refractivity (Wildman–Crippen MR) is 110 cm³/mol. The van der Waals surface area contributed by atoms with E-state index in [0.29, 0.717) is 38.0 Å². The number of aliphatic imine (C=N–C) groups is 1. The molecule has 0 fully saturated rings. The van der Waals surface area contributed by atoms with E-state index in [9.17, 15) is 4.79 Å². The third-order valence-corrected chi connectivity index (χ3v) is 4.47. The molecule has 29 heavy (non-hydrogen) atoms. The summed E-state index contributed by atoms with van der Waals surface area (Å²) in [5, 5.41) is 6.39. The number of nitrogens with one attached hydrogen (secondary N) is 2. The van der Waals surface area contributed by atoms with Crippen LogP contribution in [0.25, 0.3) is 0 Å². The number of rotatable bonds is 8. The van der Waals surface area contributed by atoms with Crippen molar-refractivity contribution in [1.82, 2.24) is 10.6 Å². The van der Waals surface area contributed by atoms with Crippen molar-refractivity contribution in [2.75, 3.05) is 13.2 Å². The summed E-state index contributed by atoms with van der Waals surface area (Å²) in [4.78, 5) is 15.8. The second kappa shape index (κ2) is 9.36. The van der Waals surface area contributed by atoms with E-state index in [4.69, 9.17) is 19.6 Å². The molecule has 1 atom stereocenters. The number of hydrogen-bond acceptors (Lipinski definition) is 5. The van der Waals surface area contributed by atoms with Gasteiger partial charge >= 0.3 is 0 Å². The average Bonchev–Trinajstić information content (AvgIpc) is 3.29. The van der Waals surface area contributed by atoms with Crippen LogP contribution in [-0.2, 0) is 19.5 Å². The van der Waals surface area contributed by atoms with E-state index in [2.05, 4.69) is 28.6 Å². The summed E-state index contributed by atoms with van der Waals surface area (Å²) in [6.07, 6.45) is 1.07. The molecule has 1 aliphatic heterocycles. The molecule has 8 nitrogen and oxygen atoms in total. The van der Waals surface area contributed by atoms with Gasteiger partial charge in [0.05, 0.1) is 19.7 Å². The molecule has 1 aromatic heterocycles. The normalized spacial score (nSPS) is 15.6. The maximum absolute atomic E-state index is 11.2. The smallest absolute Gasteiger partial charge is 0.284 e. The number of ether oxygens (including phenoxy) is 2. The number of benzene rings is 1. The van der Waals surface area contributed by atoms with Gasteiger partial charge in [-0.3, -0.25) is 4.79 Å². The molecule has 1 aliphatic rings. The second-order valence-electron chi connectivity index (χ2n) is 6.81. The summed E-state index contributed by atoms with van der Waals surface area (Å²) >= 11 is 0. The molecule has 4 N–H and O–H groups in total. The Morgan fingerprint density at radius 1 is 1.31 bits per heavy atom. The summed E-state index contributed by atoms with van der Waals surface area (Å²) in [7, 11) is 0. The van der Waals surface area contributed by atoms with Crippen LogP contribution in [0.3, 0.4) is 0 Å². The van der Waals surface area contributed by atoms with E-state index < -0.39 is 5.91 Å². The Morgan fingerprint density at radius 3 is 2.83 bits per heavy atom. The first-order chi connectivity index (χ1) is 14.0. The average molecular weight is 400 g/mol. The van der Waals surface area contributed by atoms with Crippen molar-refractivity contribution in [2.24, 2.45) is 10.7 Å². The highest BCUT2D eigenvalue weighted by molar-refractivity contribution is 5.89. The molecule has 0 saturated carbocycles. The van der Waals surface area contributed by atoms with Gasteiger partial charge in [0, 0.05) is 24.1 Å². The number of furan rings is 1. The third kappa shape index (κ3) is 5.22. The van der Waals surface area contributed by atoms with Gasteiger partial charge in [-0.1, -0.05) is 0 Å².